The van der Waals surface area contributed by atoms with Crippen LogP contribution in [0, 0.1) is 0 Å². The Morgan fingerprint density at radius 2 is 1.90 bits per heavy atom. The fourth-order valence-electron chi connectivity index (χ4n) is 3.42. The summed E-state index contributed by atoms with van der Waals surface area (Å²) >= 11 is 17.8. The molecule has 0 bridgehead atoms. The smallest absolute Gasteiger partial charge is 0.258 e. The van der Waals surface area contributed by atoms with Crippen LogP contribution in [0.15, 0.2) is 58.8 Å². The van der Waals surface area contributed by atoms with Crippen molar-refractivity contribution in [3.8, 4) is 11.4 Å². The Bertz CT molecular complexity index is 1090. The van der Waals surface area contributed by atoms with E-state index in [1.165, 1.54) is 0 Å². The third-order valence-electron chi connectivity index (χ3n) is 4.85. The largest absolute Gasteiger partial charge is 0.351 e. The molecule has 0 spiro atoms. The summed E-state index contributed by atoms with van der Waals surface area (Å²) in [6.07, 6.45) is 0. The lowest BCUT2D eigenvalue weighted by Crippen LogP contribution is -2.45. The highest BCUT2D eigenvalue weighted by Gasteiger charge is 2.33. The van der Waals surface area contributed by atoms with Crippen LogP contribution >= 0.6 is 35.4 Å². The van der Waals surface area contributed by atoms with Gasteiger partial charge in [-0.05, 0) is 68.0 Å². The third kappa shape index (κ3) is 3.88. The van der Waals surface area contributed by atoms with Gasteiger partial charge in [-0.1, -0.05) is 40.5 Å². The Morgan fingerprint density at radius 1 is 1.14 bits per heavy atom. The first-order valence-corrected chi connectivity index (χ1v) is 10.3. The van der Waals surface area contributed by atoms with E-state index >= 15 is 0 Å². The van der Waals surface area contributed by atoms with Crippen molar-refractivity contribution in [1.29, 1.82) is 0 Å². The number of aromatic nitrogens is 2. The number of thiocarbonyl (C=S) groups is 1. The number of rotatable bonds is 4. The van der Waals surface area contributed by atoms with Crippen LogP contribution in [0.1, 0.15) is 31.3 Å². The van der Waals surface area contributed by atoms with Crippen LogP contribution in [0.25, 0.3) is 17.0 Å². The highest BCUT2D eigenvalue weighted by atomic mass is 35.5. The molecule has 2 aromatic carbocycles. The highest BCUT2D eigenvalue weighted by molar-refractivity contribution is 7.80. The van der Waals surface area contributed by atoms with E-state index in [4.69, 9.17) is 39.9 Å². The van der Waals surface area contributed by atoms with Crippen molar-refractivity contribution in [3.05, 3.63) is 75.7 Å². The van der Waals surface area contributed by atoms with E-state index in [0.29, 0.717) is 26.9 Å². The van der Waals surface area contributed by atoms with Crippen molar-refractivity contribution >= 4 is 46.1 Å². The summed E-state index contributed by atoms with van der Waals surface area (Å²) in [5.41, 5.74) is 3.63. The summed E-state index contributed by atoms with van der Waals surface area (Å²) in [6, 6.07) is 14.7. The van der Waals surface area contributed by atoms with E-state index in [1.54, 1.807) is 12.1 Å². The molecule has 29 heavy (non-hydrogen) atoms. The molecule has 0 radical (unpaired) electrons. The lowest BCUT2D eigenvalue weighted by Gasteiger charge is -2.36. The quantitative estimate of drug-likeness (QED) is 0.518. The van der Waals surface area contributed by atoms with Crippen LogP contribution in [0.4, 0.5) is 0 Å². The standard InChI is InChI=1S/C21H18Cl2N4OS/c1-3-27-12(2)17(18(24-21(27)29)14-5-4-6-16(23)11-14)20-25-19(26-28-20)13-7-9-15(22)10-8-13/h4-11,18H,3H2,1-2H3,(H,24,29). The second kappa shape index (κ2) is 8.14. The minimum Gasteiger partial charge on any atom is -0.351 e. The van der Waals surface area contributed by atoms with Crippen LogP contribution in [-0.2, 0) is 0 Å². The molecule has 1 atom stereocenters. The lowest BCUT2D eigenvalue weighted by atomic mass is 9.95. The van der Waals surface area contributed by atoms with Crippen molar-refractivity contribution in [1.82, 2.24) is 20.4 Å². The van der Waals surface area contributed by atoms with Gasteiger partial charge in [0.25, 0.3) is 5.89 Å². The first-order valence-electron chi connectivity index (χ1n) is 9.12. The topological polar surface area (TPSA) is 54.2 Å². The molecule has 8 heteroatoms. The van der Waals surface area contributed by atoms with Gasteiger partial charge in [0.2, 0.25) is 5.82 Å². The zero-order chi connectivity index (χ0) is 20.5. The first kappa shape index (κ1) is 19.9. The van der Waals surface area contributed by atoms with Gasteiger partial charge in [-0.3, -0.25) is 0 Å². The Labute approximate surface area is 184 Å². The maximum Gasteiger partial charge on any atom is 0.258 e. The summed E-state index contributed by atoms with van der Waals surface area (Å²) < 4.78 is 5.67. The van der Waals surface area contributed by atoms with Gasteiger partial charge in [0.1, 0.15) is 0 Å². The second-order valence-electron chi connectivity index (χ2n) is 6.61. The van der Waals surface area contributed by atoms with Crippen LogP contribution in [0.5, 0.6) is 0 Å². The molecule has 1 aliphatic heterocycles. The molecular formula is C21H18Cl2N4OS. The van der Waals surface area contributed by atoms with E-state index in [-0.39, 0.29) is 6.04 Å². The lowest BCUT2D eigenvalue weighted by molar-refractivity contribution is 0.398. The van der Waals surface area contributed by atoms with Crippen molar-refractivity contribution in [2.24, 2.45) is 0 Å². The number of halogens is 2. The van der Waals surface area contributed by atoms with Gasteiger partial charge in [-0.25, -0.2) is 0 Å². The maximum absolute atomic E-state index is 6.23. The van der Waals surface area contributed by atoms with Gasteiger partial charge in [-0.15, -0.1) is 0 Å². The Morgan fingerprint density at radius 3 is 2.59 bits per heavy atom. The molecular weight excluding hydrogens is 427 g/mol. The molecule has 3 aromatic rings. The van der Waals surface area contributed by atoms with Crippen LogP contribution < -0.4 is 5.32 Å². The molecule has 4 rings (SSSR count). The number of hydrogen-bond donors (Lipinski definition) is 1. The summed E-state index contributed by atoms with van der Waals surface area (Å²) in [5, 5.41) is 9.52. The predicted octanol–water partition coefficient (Wildman–Crippen LogP) is 5.73. The van der Waals surface area contributed by atoms with Gasteiger partial charge in [-0.2, -0.15) is 4.98 Å². The van der Waals surface area contributed by atoms with Crippen molar-refractivity contribution in [3.63, 3.8) is 0 Å². The molecule has 0 saturated heterocycles. The maximum atomic E-state index is 6.23. The summed E-state index contributed by atoms with van der Waals surface area (Å²) in [7, 11) is 0. The Hall–Kier alpha value is -2.41. The molecule has 148 valence electrons. The van der Waals surface area contributed by atoms with E-state index in [0.717, 1.165) is 28.9 Å². The van der Waals surface area contributed by atoms with Crippen LogP contribution in [-0.4, -0.2) is 26.7 Å². The van der Waals surface area contributed by atoms with Crippen LogP contribution in [0.2, 0.25) is 10.0 Å². The van der Waals surface area contributed by atoms with Gasteiger partial charge in [0.15, 0.2) is 5.11 Å². The van der Waals surface area contributed by atoms with Gasteiger partial charge in [0.05, 0.1) is 11.6 Å². The minimum atomic E-state index is -0.248. The molecule has 1 aliphatic rings. The van der Waals surface area contributed by atoms with E-state index < -0.39 is 0 Å². The molecule has 0 fully saturated rings. The monoisotopic (exact) mass is 444 g/mol. The molecule has 1 unspecified atom stereocenters. The fraction of sp³-hybridized carbons (Fsp3) is 0.190. The van der Waals surface area contributed by atoms with Gasteiger partial charge in [0, 0.05) is 27.9 Å². The number of benzene rings is 2. The molecule has 5 nitrogen and oxygen atoms in total. The first-order chi connectivity index (χ1) is 14.0. The second-order valence-corrected chi connectivity index (χ2v) is 7.87. The predicted molar refractivity (Wildman–Crippen MR) is 120 cm³/mol. The highest BCUT2D eigenvalue weighted by Crippen LogP contribution is 2.37. The Kier molecular flexibility index (Phi) is 5.58. The number of nitrogens with zero attached hydrogens (tertiary/aromatic N) is 3. The van der Waals surface area contributed by atoms with E-state index in [2.05, 4.69) is 15.5 Å². The molecule has 0 saturated carbocycles. The van der Waals surface area contributed by atoms with Crippen LogP contribution in [0.3, 0.4) is 0 Å². The molecule has 1 aromatic heterocycles. The molecule has 0 amide bonds. The molecule has 2 heterocycles. The zero-order valence-electron chi connectivity index (χ0n) is 15.8. The average Bonchev–Trinajstić information content (AvgIpc) is 3.18. The average molecular weight is 445 g/mol. The number of hydrogen-bond acceptors (Lipinski definition) is 4. The number of allylic oxidation sites excluding steroid dienone is 1. The van der Waals surface area contributed by atoms with Crippen molar-refractivity contribution in [2.75, 3.05) is 6.54 Å². The fourth-order valence-corrected chi connectivity index (χ4v) is 4.13. The Balaban J connectivity index is 1.81. The molecule has 0 aliphatic carbocycles. The SMILES string of the molecule is CCN1C(=S)NC(c2cccc(Cl)c2)C(c2nc(-c3ccc(Cl)cc3)no2)=C1C. The van der Waals surface area contributed by atoms with E-state index in [1.807, 2.05) is 55.1 Å². The van der Waals surface area contributed by atoms with Gasteiger partial charge >= 0.3 is 0 Å². The third-order valence-corrected chi connectivity index (χ3v) is 5.68. The number of nitrogens with one attached hydrogen (secondary N) is 1. The van der Waals surface area contributed by atoms with Gasteiger partial charge < -0.3 is 14.7 Å². The summed E-state index contributed by atoms with van der Waals surface area (Å²) in [5.74, 6) is 0.934. The van der Waals surface area contributed by atoms with E-state index in [9.17, 15) is 0 Å². The summed E-state index contributed by atoms with van der Waals surface area (Å²) in [4.78, 5) is 6.67. The zero-order valence-corrected chi connectivity index (χ0v) is 18.1. The minimum absolute atomic E-state index is 0.248. The van der Waals surface area contributed by atoms with Crippen molar-refractivity contribution in [2.45, 2.75) is 19.9 Å². The van der Waals surface area contributed by atoms with Crippen molar-refractivity contribution < 1.29 is 4.52 Å². The molecule has 1 N–H and O–H groups in total. The normalized spacial score (nSPS) is 16.9. The summed E-state index contributed by atoms with van der Waals surface area (Å²) in [6.45, 7) is 4.78.